The van der Waals surface area contributed by atoms with Crippen LogP contribution in [-0.4, -0.2) is 36.8 Å². The first-order valence-electron chi connectivity index (χ1n) is 7.21. The highest BCUT2D eigenvalue weighted by molar-refractivity contribution is 5.69. The molecule has 0 amide bonds. The first-order valence-corrected chi connectivity index (χ1v) is 7.21. The summed E-state index contributed by atoms with van der Waals surface area (Å²) in [5.74, 6) is 1.01. The van der Waals surface area contributed by atoms with E-state index in [4.69, 9.17) is 9.47 Å². The quantitative estimate of drug-likeness (QED) is 0.654. The van der Waals surface area contributed by atoms with Crippen LogP contribution in [0.1, 0.15) is 19.8 Å². The van der Waals surface area contributed by atoms with Gasteiger partial charge in [0, 0.05) is 18.2 Å². The highest BCUT2D eigenvalue weighted by Gasteiger charge is 2.25. The van der Waals surface area contributed by atoms with Gasteiger partial charge in [0.15, 0.2) is 11.5 Å². The molecule has 2 aliphatic rings. The zero-order valence-corrected chi connectivity index (χ0v) is 11.9. The lowest BCUT2D eigenvalue weighted by Crippen LogP contribution is -2.41. The number of nitro benzene ring substituents is 1. The van der Waals surface area contributed by atoms with Crippen LogP contribution in [0.3, 0.4) is 0 Å². The van der Waals surface area contributed by atoms with E-state index in [1.807, 2.05) is 0 Å². The lowest BCUT2D eigenvalue weighted by molar-refractivity contribution is -0.384. The number of fused-ring (bicyclic) bond motifs is 1. The third-order valence-electron chi connectivity index (χ3n) is 3.84. The number of benzene rings is 1. The van der Waals surface area contributed by atoms with E-state index in [9.17, 15) is 10.1 Å². The molecule has 0 radical (unpaired) electrons. The van der Waals surface area contributed by atoms with E-state index >= 15 is 0 Å². The van der Waals surface area contributed by atoms with Gasteiger partial charge in [-0.3, -0.25) is 10.1 Å². The Hall–Kier alpha value is -2.02. The predicted octanol–water partition coefficient (Wildman–Crippen LogP) is 1.92. The van der Waals surface area contributed by atoms with Crippen LogP contribution in [0.25, 0.3) is 0 Å². The molecule has 0 spiro atoms. The number of piperidine rings is 1. The molecule has 1 fully saturated rings. The normalized spacial score (nSPS) is 24.4. The van der Waals surface area contributed by atoms with Crippen LogP contribution in [-0.2, 0) is 0 Å². The van der Waals surface area contributed by atoms with Gasteiger partial charge in [0.25, 0.3) is 5.69 Å². The zero-order chi connectivity index (χ0) is 14.8. The standard InChI is InChI=1S/C14H19N3O4/c1-9-6-10(2-3-15-9)16-11-7-13-14(21-5-4-20-13)8-12(11)17(18)19/h7-10,15-16H,2-6H2,1H3. The molecule has 7 nitrogen and oxygen atoms in total. The van der Waals surface area contributed by atoms with Crippen LogP contribution >= 0.6 is 0 Å². The third kappa shape index (κ3) is 3.02. The molecule has 21 heavy (non-hydrogen) atoms. The van der Waals surface area contributed by atoms with Crippen molar-refractivity contribution in [2.45, 2.75) is 31.8 Å². The Labute approximate surface area is 122 Å². The monoisotopic (exact) mass is 293 g/mol. The average molecular weight is 293 g/mol. The number of hydrogen-bond donors (Lipinski definition) is 2. The van der Waals surface area contributed by atoms with Crippen LogP contribution in [0.15, 0.2) is 12.1 Å². The number of anilines is 1. The van der Waals surface area contributed by atoms with Gasteiger partial charge in [0.05, 0.1) is 11.0 Å². The maximum Gasteiger partial charge on any atom is 0.296 e. The van der Waals surface area contributed by atoms with Crippen molar-refractivity contribution in [3.63, 3.8) is 0 Å². The molecule has 1 aromatic rings. The Bertz CT molecular complexity index is 549. The van der Waals surface area contributed by atoms with E-state index < -0.39 is 0 Å². The Kier molecular flexibility index (Phi) is 3.83. The predicted molar refractivity (Wildman–Crippen MR) is 78.2 cm³/mol. The van der Waals surface area contributed by atoms with Crippen molar-refractivity contribution in [2.75, 3.05) is 25.1 Å². The molecule has 1 saturated heterocycles. The first-order chi connectivity index (χ1) is 10.1. The van der Waals surface area contributed by atoms with Crippen molar-refractivity contribution in [1.29, 1.82) is 0 Å². The summed E-state index contributed by atoms with van der Waals surface area (Å²) in [6.07, 6.45) is 1.88. The maximum absolute atomic E-state index is 11.3. The Balaban J connectivity index is 1.87. The number of nitro groups is 1. The van der Waals surface area contributed by atoms with Gasteiger partial charge < -0.3 is 20.1 Å². The molecule has 2 heterocycles. The molecule has 2 N–H and O–H groups in total. The van der Waals surface area contributed by atoms with E-state index in [1.165, 1.54) is 6.07 Å². The molecule has 2 aliphatic heterocycles. The largest absolute Gasteiger partial charge is 0.486 e. The second-order valence-corrected chi connectivity index (χ2v) is 5.49. The van der Waals surface area contributed by atoms with E-state index in [2.05, 4.69) is 17.6 Å². The molecule has 114 valence electrons. The molecule has 2 atom stereocenters. The summed E-state index contributed by atoms with van der Waals surface area (Å²) < 4.78 is 10.9. The Morgan fingerprint density at radius 3 is 2.71 bits per heavy atom. The Morgan fingerprint density at radius 2 is 2.05 bits per heavy atom. The summed E-state index contributed by atoms with van der Waals surface area (Å²) in [7, 11) is 0. The minimum Gasteiger partial charge on any atom is -0.486 e. The minimum absolute atomic E-state index is 0.0328. The zero-order valence-electron chi connectivity index (χ0n) is 11.9. The minimum atomic E-state index is -0.384. The van der Waals surface area contributed by atoms with Gasteiger partial charge >= 0.3 is 0 Å². The highest BCUT2D eigenvalue weighted by Crippen LogP contribution is 2.40. The number of hydrogen-bond acceptors (Lipinski definition) is 6. The molecule has 3 rings (SSSR count). The molecule has 1 aromatic carbocycles. The molecular formula is C14H19N3O4. The van der Waals surface area contributed by atoms with E-state index in [1.54, 1.807) is 6.07 Å². The lowest BCUT2D eigenvalue weighted by atomic mass is 10.00. The van der Waals surface area contributed by atoms with Crippen molar-refractivity contribution in [2.24, 2.45) is 0 Å². The van der Waals surface area contributed by atoms with Gasteiger partial charge in [0.2, 0.25) is 0 Å². The third-order valence-corrected chi connectivity index (χ3v) is 3.84. The lowest BCUT2D eigenvalue weighted by Gasteiger charge is -2.29. The molecular weight excluding hydrogens is 274 g/mol. The van der Waals surface area contributed by atoms with Crippen LogP contribution in [0.2, 0.25) is 0 Å². The van der Waals surface area contributed by atoms with Gasteiger partial charge in [-0.05, 0) is 26.3 Å². The van der Waals surface area contributed by atoms with Gasteiger partial charge in [-0.2, -0.15) is 0 Å². The molecule has 0 bridgehead atoms. The van der Waals surface area contributed by atoms with E-state index in [0.29, 0.717) is 36.4 Å². The number of ether oxygens (including phenoxy) is 2. The second-order valence-electron chi connectivity index (χ2n) is 5.49. The van der Waals surface area contributed by atoms with Crippen molar-refractivity contribution < 1.29 is 14.4 Å². The molecule has 2 unspecified atom stereocenters. The van der Waals surface area contributed by atoms with Crippen LogP contribution < -0.4 is 20.1 Å². The number of rotatable bonds is 3. The topological polar surface area (TPSA) is 85.7 Å². The maximum atomic E-state index is 11.3. The fourth-order valence-electron chi connectivity index (χ4n) is 2.83. The van der Waals surface area contributed by atoms with Crippen LogP contribution in [0.5, 0.6) is 11.5 Å². The molecule has 7 heteroatoms. The first kappa shape index (κ1) is 13.9. The summed E-state index contributed by atoms with van der Waals surface area (Å²) in [6, 6.07) is 3.76. The van der Waals surface area contributed by atoms with E-state index in [0.717, 1.165) is 19.4 Å². The van der Waals surface area contributed by atoms with Gasteiger partial charge in [-0.25, -0.2) is 0 Å². The van der Waals surface area contributed by atoms with Crippen molar-refractivity contribution in [3.05, 3.63) is 22.2 Å². The summed E-state index contributed by atoms with van der Waals surface area (Å²) in [5.41, 5.74) is 0.536. The summed E-state index contributed by atoms with van der Waals surface area (Å²) in [5, 5.41) is 17.9. The van der Waals surface area contributed by atoms with Crippen molar-refractivity contribution in [3.8, 4) is 11.5 Å². The van der Waals surface area contributed by atoms with Crippen molar-refractivity contribution in [1.82, 2.24) is 5.32 Å². The summed E-state index contributed by atoms with van der Waals surface area (Å²) in [4.78, 5) is 10.9. The summed E-state index contributed by atoms with van der Waals surface area (Å²) >= 11 is 0. The second kappa shape index (κ2) is 5.77. The SMILES string of the molecule is CC1CC(Nc2cc3c(cc2[N+](=O)[O-])OCCO3)CCN1. The fourth-order valence-corrected chi connectivity index (χ4v) is 2.83. The molecule has 0 aromatic heterocycles. The number of nitrogens with zero attached hydrogens (tertiary/aromatic N) is 1. The number of nitrogens with one attached hydrogen (secondary N) is 2. The summed E-state index contributed by atoms with van der Waals surface area (Å²) in [6.45, 7) is 3.92. The highest BCUT2D eigenvalue weighted by atomic mass is 16.6. The van der Waals surface area contributed by atoms with Crippen molar-refractivity contribution >= 4 is 11.4 Å². The van der Waals surface area contributed by atoms with Gasteiger partial charge in [0.1, 0.15) is 18.9 Å². The van der Waals surface area contributed by atoms with Gasteiger partial charge in [-0.1, -0.05) is 0 Å². The smallest absolute Gasteiger partial charge is 0.296 e. The Morgan fingerprint density at radius 1 is 1.33 bits per heavy atom. The molecule has 0 saturated carbocycles. The fraction of sp³-hybridized carbons (Fsp3) is 0.571. The van der Waals surface area contributed by atoms with Crippen LogP contribution in [0.4, 0.5) is 11.4 Å². The van der Waals surface area contributed by atoms with Crippen LogP contribution in [0, 0.1) is 10.1 Å². The van der Waals surface area contributed by atoms with Gasteiger partial charge in [-0.15, -0.1) is 0 Å². The van der Waals surface area contributed by atoms with E-state index in [-0.39, 0.29) is 16.7 Å². The average Bonchev–Trinajstić information content (AvgIpc) is 2.46. The molecule has 0 aliphatic carbocycles.